The highest BCUT2D eigenvalue weighted by Gasteiger charge is 2.30. The smallest absolute Gasteiger partial charge is 0.317 e. The molecule has 0 radical (unpaired) electrons. The predicted molar refractivity (Wildman–Crippen MR) is 123 cm³/mol. The van der Waals surface area contributed by atoms with Crippen molar-refractivity contribution >= 4 is 50.0 Å². The van der Waals surface area contributed by atoms with Crippen molar-refractivity contribution in [3.05, 3.63) is 40.3 Å². The number of nitrogens with zero attached hydrogens (tertiary/aromatic N) is 3. The molecule has 1 aromatic heterocycles. The number of aromatic nitrogens is 1. The molecule has 2 saturated heterocycles. The minimum atomic E-state index is -0.188. The van der Waals surface area contributed by atoms with Crippen LogP contribution in [0, 0.1) is 11.8 Å². The van der Waals surface area contributed by atoms with Crippen LogP contribution in [0.1, 0.15) is 19.3 Å². The fourth-order valence-corrected chi connectivity index (χ4v) is 5.04. The molecule has 3 heterocycles. The summed E-state index contributed by atoms with van der Waals surface area (Å²) < 4.78 is 1.08. The highest BCUT2D eigenvalue weighted by Crippen LogP contribution is 2.26. The number of urea groups is 1. The first-order valence-electron chi connectivity index (χ1n) is 10.3. The van der Waals surface area contributed by atoms with Gasteiger partial charge in [-0.05, 0) is 43.4 Å². The molecule has 2 aromatic rings. The number of likely N-dealkylation sites (tertiary alicyclic amines) is 1. The van der Waals surface area contributed by atoms with Gasteiger partial charge in [0.25, 0.3) is 0 Å². The fourth-order valence-electron chi connectivity index (χ4n) is 4.12. The third-order valence-electron chi connectivity index (χ3n) is 5.74. The molecular weight excluding hydrogens is 466 g/mol. The quantitative estimate of drug-likeness (QED) is 0.666. The Bertz CT molecular complexity index is 878. The van der Waals surface area contributed by atoms with Gasteiger partial charge in [0.05, 0.1) is 5.92 Å². The van der Waals surface area contributed by atoms with Crippen LogP contribution in [0.15, 0.2) is 40.3 Å². The van der Waals surface area contributed by atoms with E-state index in [1.807, 2.05) is 17.5 Å². The van der Waals surface area contributed by atoms with Crippen molar-refractivity contribution in [1.82, 2.24) is 15.2 Å². The molecular formula is C21H26BrN5O2S. The second-order valence-electron chi connectivity index (χ2n) is 7.88. The Morgan fingerprint density at radius 1 is 1.23 bits per heavy atom. The summed E-state index contributed by atoms with van der Waals surface area (Å²) in [7, 11) is 0. The van der Waals surface area contributed by atoms with Crippen LogP contribution < -0.4 is 15.5 Å². The molecule has 7 nitrogen and oxygen atoms in total. The third kappa shape index (κ3) is 5.31. The molecule has 0 spiro atoms. The Kier molecular flexibility index (Phi) is 6.89. The van der Waals surface area contributed by atoms with Crippen molar-refractivity contribution in [1.29, 1.82) is 0 Å². The van der Waals surface area contributed by atoms with Crippen LogP contribution in [0.3, 0.4) is 0 Å². The van der Waals surface area contributed by atoms with Crippen LogP contribution in [0.25, 0.3) is 0 Å². The van der Waals surface area contributed by atoms with Crippen molar-refractivity contribution in [3.8, 4) is 0 Å². The number of hydrogen-bond acceptors (Lipinski definition) is 5. The Balaban J connectivity index is 1.23. The zero-order valence-corrected chi connectivity index (χ0v) is 19.1. The van der Waals surface area contributed by atoms with E-state index in [2.05, 4.69) is 48.6 Å². The lowest BCUT2D eigenvalue weighted by atomic mass is 9.97. The molecule has 9 heteroatoms. The standard InChI is InChI=1S/C21H26BrN5O2S/c22-17-4-1-5-18(11-17)26-9-6-15(13-26)12-24-21(29)27-8-2-3-16(14-27)19(28)25-20-23-7-10-30-20/h1,4-5,7,10-11,15-16H,2-3,6,8-9,12-14H2,(H,24,29)(H,23,25,28)/t15-,16-/m0/s1. The molecule has 0 aliphatic carbocycles. The lowest BCUT2D eigenvalue weighted by Crippen LogP contribution is -2.48. The number of anilines is 2. The molecule has 0 unspecified atom stereocenters. The topological polar surface area (TPSA) is 77.6 Å². The monoisotopic (exact) mass is 491 g/mol. The molecule has 1 aromatic carbocycles. The minimum Gasteiger partial charge on any atom is -0.371 e. The number of carbonyl (C=O) groups excluding carboxylic acids is 2. The highest BCUT2D eigenvalue weighted by atomic mass is 79.9. The van der Waals surface area contributed by atoms with E-state index in [4.69, 9.17) is 0 Å². The average Bonchev–Trinajstić information content (AvgIpc) is 3.44. The van der Waals surface area contributed by atoms with E-state index in [9.17, 15) is 9.59 Å². The third-order valence-corrected chi connectivity index (χ3v) is 6.92. The Morgan fingerprint density at radius 2 is 2.13 bits per heavy atom. The number of piperidine rings is 1. The predicted octanol–water partition coefficient (Wildman–Crippen LogP) is 3.79. The molecule has 2 fully saturated rings. The van der Waals surface area contributed by atoms with Gasteiger partial charge < -0.3 is 20.4 Å². The van der Waals surface area contributed by atoms with Crippen LogP contribution in [-0.4, -0.2) is 54.5 Å². The average molecular weight is 492 g/mol. The lowest BCUT2D eigenvalue weighted by Gasteiger charge is -2.32. The number of carbonyl (C=O) groups is 2. The van der Waals surface area contributed by atoms with Gasteiger partial charge in [-0.3, -0.25) is 4.79 Å². The fraction of sp³-hybridized carbons (Fsp3) is 0.476. The Morgan fingerprint density at radius 3 is 2.93 bits per heavy atom. The minimum absolute atomic E-state index is 0.0529. The molecule has 2 N–H and O–H groups in total. The van der Waals surface area contributed by atoms with Crippen LogP contribution in [0.4, 0.5) is 15.6 Å². The van der Waals surface area contributed by atoms with E-state index in [1.54, 1.807) is 11.1 Å². The number of amides is 3. The maximum absolute atomic E-state index is 12.7. The van der Waals surface area contributed by atoms with Gasteiger partial charge in [0.2, 0.25) is 5.91 Å². The van der Waals surface area contributed by atoms with Gasteiger partial charge in [0, 0.05) is 54.5 Å². The molecule has 2 atom stereocenters. The first kappa shape index (κ1) is 21.1. The number of hydrogen-bond donors (Lipinski definition) is 2. The molecule has 4 rings (SSSR count). The van der Waals surface area contributed by atoms with Crippen molar-refractivity contribution in [3.63, 3.8) is 0 Å². The summed E-state index contributed by atoms with van der Waals surface area (Å²) in [6, 6.07) is 8.26. The van der Waals surface area contributed by atoms with E-state index in [0.717, 1.165) is 36.8 Å². The van der Waals surface area contributed by atoms with Crippen molar-refractivity contribution in [2.45, 2.75) is 19.3 Å². The van der Waals surface area contributed by atoms with E-state index >= 15 is 0 Å². The summed E-state index contributed by atoms with van der Waals surface area (Å²) in [5, 5.41) is 8.38. The molecule has 0 saturated carbocycles. The van der Waals surface area contributed by atoms with Crippen LogP contribution in [0.5, 0.6) is 0 Å². The number of rotatable bonds is 5. The first-order chi connectivity index (χ1) is 14.6. The van der Waals surface area contributed by atoms with Gasteiger partial charge >= 0.3 is 6.03 Å². The molecule has 160 valence electrons. The maximum Gasteiger partial charge on any atom is 0.317 e. The van der Waals surface area contributed by atoms with E-state index in [-0.39, 0.29) is 17.9 Å². The van der Waals surface area contributed by atoms with Crippen molar-refractivity contribution in [2.75, 3.05) is 42.9 Å². The number of nitrogens with one attached hydrogen (secondary N) is 2. The zero-order valence-electron chi connectivity index (χ0n) is 16.7. The van der Waals surface area contributed by atoms with E-state index < -0.39 is 0 Å². The van der Waals surface area contributed by atoms with Gasteiger partial charge in [-0.25, -0.2) is 9.78 Å². The summed E-state index contributed by atoms with van der Waals surface area (Å²) in [6.07, 6.45) is 4.36. The summed E-state index contributed by atoms with van der Waals surface area (Å²) >= 11 is 4.93. The second kappa shape index (κ2) is 9.78. The van der Waals surface area contributed by atoms with Crippen molar-refractivity contribution < 1.29 is 9.59 Å². The lowest BCUT2D eigenvalue weighted by molar-refractivity contribution is -0.121. The summed E-state index contributed by atoms with van der Waals surface area (Å²) in [5.41, 5.74) is 1.21. The second-order valence-corrected chi connectivity index (χ2v) is 9.69. The van der Waals surface area contributed by atoms with Gasteiger partial charge in [-0.1, -0.05) is 22.0 Å². The SMILES string of the molecule is O=C(Nc1nccs1)[C@H]1CCCN(C(=O)NC[C@@H]2CCN(c3cccc(Br)c3)C2)C1. The van der Waals surface area contributed by atoms with Crippen molar-refractivity contribution in [2.24, 2.45) is 11.8 Å². The summed E-state index contributed by atoms with van der Waals surface area (Å²) in [4.78, 5) is 33.4. The Labute approximate surface area is 189 Å². The molecule has 2 aliphatic heterocycles. The normalized spacial score (nSPS) is 21.5. The number of benzene rings is 1. The summed E-state index contributed by atoms with van der Waals surface area (Å²) in [6.45, 7) is 3.75. The van der Waals surface area contributed by atoms with Gasteiger partial charge in [0.1, 0.15) is 0 Å². The molecule has 30 heavy (non-hydrogen) atoms. The highest BCUT2D eigenvalue weighted by molar-refractivity contribution is 9.10. The van der Waals surface area contributed by atoms with Crippen LogP contribution in [0.2, 0.25) is 0 Å². The summed E-state index contributed by atoms with van der Waals surface area (Å²) in [5.74, 6) is 0.191. The van der Waals surface area contributed by atoms with Gasteiger partial charge in [-0.2, -0.15) is 0 Å². The van der Waals surface area contributed by atoms with Gasteiger partial charge in [-0.15, -0.1) is 11.3 Å². The van der Waals surface area contributed by atoms with E-state index in [1.165, 1.54) is 17.0 Å². The van der Waals surface area contributed by atoms with Gasteiger partial charge in [0.15, 0.2) is 5.13 Å². The first-order valence-corrected chi connectivity index (χ1v) is 12.0. The van der Waals surface area contributed by atoms with E-state index in [0.29, 0.717) is 30.7 Å². The molecule has 3 amide bonds. The van der Waals surface area contributed by atoms with Crippen LogP contribution in [-0.2, 0) is 4.79 Å². The number of thiazole rings is 1. The molecule has 0 bridgehead atoms. The maximum atomic E-state index is 12.7. The van der Waals surface area contributed by atoms with Crippen LogP contribution >= 0.6 is 27.3 Å². The Hall–Kier alpha value is -2.13. The molecule has 2 aliphatic rings. The number of halogens is 1. The zero-order chi connectivity index (χ0) is 20.9. The largest absolute Gasteiger partial charge is 0.371 e.